The first-order chi connectivity index (χ1) is 22.6. The Kier molecular flexibility index (Phi) is 19.5. The molecule has 0 saturated carbocycles. The molecule has 0 atom stereocenters. The SMILES string of the molecule is CCCCc1ccc(-c2cccc3[cH-]c(CCCC)cc23)cc1.CCCCc1ccc(-c2cccc3[cH-]c(CCCC)cc23)cc1.[Cl-].[Cl-].[Zr+4]. The van der Waals surface area contributed by atoms with Crippen LogP contribution in [0.3, 0.4) is 0 Å². The Balaban J connectivity index is 0.000000321. The van der Waals surface area contributed by atoms with Crippen molar-refractivity contribution in [1.29, 1.82) is 0 Å². The minimum Gasteiger partial charge on any atom is -1.00 e. The fourth-order valence-electron chi connectivity index (χ4n) is 6.61. The molecule has 0 heterocycles. The molecule has 6 aromatic carbocycles. The van der Waals surface area contributed by atoms with Crippen molar-refractivity contribution in [2.24, 2.45) is 0 Å². The quantitative estimate of drug-likeness (QED) is 0.0993. The summed E-state index contributed by atoms with van der Waals surface area (Å²) in [4.78, 5) is 0. The molecule has 0 aliphatic heterocycles. The van der Waals surface area contributed by atoms with Crippen LogP contribution in [0.25, 0.3) is 43.8 Å². The van der Waals surface area contributed by atoms with E-state index in [-0.39, 0.29) is 51.0 Å². The second-order valence-corrected chi connectivity index (χ2v) is 13.2. The Morgan fingerprint density at radius 2 is 0.776 bits per heavy atom. The van der Waals surface area contributed by atoms with Gasteiger partial charge in [0.05, 0.1) is 0 Å². The summed E-state index contributed by atoms with van der Waals surface area (Å²) in [5, 5.41) is 5.56. The van der Waals surface area contributed by atoms with E-state index in [0.29, 0.717) is 0 Å². The summed E-state index contributed by atoms with van der Waals surface area (Å²) in [5.74, 6) is 0. The van der Waals surface area contributed by atoms with E-state index in [0.717, 1.165) is 0 Å². The van der Waals surface area contributed by atoms with Crippen LogP contribution in [0.1, 0.15) is 101 Å². The fraction of sp³-hybridized carbons (Fsp3) is 0.348. The van der Waals surface area contributed by atoms with E-state index in [9.17, 15) is 0 Å². The number of fused-ring (bicyclic) bond motifs is 2. The van der Waals surface area contributed by atoms with Gasteiger partial charge in [0.1, 0.15) is 0 Å². The van der Waals surface area contributed by atoms with Gasteiger partial charge in [-0.05, 0) is 60.8 Å². The topological polar surface area (TPSA) is 0 Å². The van der Waals surface area contributed by atoms with Gasteiger partial charge in [0.25, 0.3) is 0 Å². The molecule has 0 fully saturated rings. The predicted molar refractivity (Wildman–Crippen MR) is 204 cm³/mol. The summed E-state index contributed by atoms with van der Waals surface area (Å²) in [6, 6.07) is 41.2. The van der Waals surface area contributed by atoms with E-state index in [1.807, 2.05) is 0 Å². The number of rotatable bonds is 14. The maximum Gasteiger partial charge on any atom is 4.00 e. The second kappa shape index (κ2) is 22.4. The third kappa shape index (κ3) is 11.8. The van der Waals surface area contributed by atoms with Crippen LogP contribution in [0.15, 0.2) is 109 Å². The summed E-state index contributed by atoms with van der Waals surface area (Å²) in [6.45, 7) is 9.02. The van der Waals surface area contributed by atoms with Crippen LogP contribution in [-0.2, 0) is 51.9 Å². The van der Waals surface area contributed by atoms with Gasteiger partial charge in [0, 0.05) is 0 Å². The van der Waals surface area contributed by atoms with E-state index >= 15 is 0 Å². The Hall–Kier alpha value is -2.44. The minimum absolute atomic E-state index is 0. The molecule has 0 nitrogen and oxygen atoms in total. The van der Waals surface area contributed by atoms with Gasteiger partial charge in [0.15, 0.2) is 0 Å². The molecule has 3 heteroatoms. The number of benzene rings is 4. The van der Waals surface area contributed by atoms with Crippen LogP contribution in [0.2, 0.25) is 0 Å². The number of hydrogen-bond acceptors (Lipinski definition) is 0. The molecule has 0 saturated heterocycles. The molecule has 256 valence electrons. The van der Waals surface area contributed by atoms with Crippen molar-refractivity contribution in [1.82, 2.24) is 0 Å². The second-order valence-electron chi connectivity index (χ2n) is 13.2. The summed E-state index contributed by atoms with van der Waals surface area (Å²) in [7, 11) is 0. The van der Waals surface area contributed by atoms with Crippen molar-refractivity contribution in [2.45, 2.75) is 105 Å². The summed E-state index contributed by atoms with van der Waals surface area (Å²) >= 11 is 0. The molecule has 0 aliphatic rings. The van der Waals surface area contributed by atoms with E-state index in [4.69, 9.17) is 0 Å². The maximum atomic E-state index is 2.39. The first kappa shape index (κ1) is 42.7. The third-order valence-corrected chi connectivity index (χ3v) is 9.43. The van der Waals surface area contributed by atoms with E-state index in [1.165, 1.54) is 143 Å². The van der Waals surface area contributed by atoms with Gasteiger partial charge in [-0.2, -0.15) is 12.1 Å². The van der Waals surface area contributed by atoms with Crippen LogP contribution in [-0.4, -0.2) is 0 Å². The molecule has 0 aromatic heterocycles. The van der Waals surface area contributed by atoms with Crippen LogP contribution < -0.4 is 24.8 Å². The number of unbranched alkanes of at least 4 members (excludes halogenated alkanes) is 4. The van der Waals surface area contributed by atoms with Gasteiger partial charge in [-0.1, -0.05) is 138 Å². The Morgan fingerprint density at radius 1 is 0.429 bits per heavy atom. The zero-order chi connectivity index (χ0) is 32.1. The molecule has 0 N–H and O–H groups in total. The molecular weight excluding hydrogens is 715 g/mol. The first-order valence-electron chi connectivity index (χ1n) is 18.2. The minimum atomic E-state index is 0. The maximum absolute atomic E-state index is 2.39. The molecule has 6 aromatic rings. The van der Waals surface area contributed by atoms with Gasteiger partial charge in [-0.25, -0.2) is 0 Å². The van der Waals surface area contributed by atoms with Crippen LogP contribution in [0, 0.1) is 0 Å². The van der Waals surface area contributed by atoms with Crippen molar-refractivity contribution < 1.29 is 51.0 Å². The molecule has 0 amide bonds. The zero-order valence-corrected chi connectivity index (χ0v) is 34.1. The van der Waals surface area contributed by atoms with Crippen molar-refractivity contribution in [2.75, 3.05) is 0 Å². The molecule has 0 radical (unpaired) electrons. The standard InChI is InChI=1S/2C23H27.2ClH.Zr/c2*1-3-5-8-18-12-14-20(15-13-18)22-11-7-10-21-16-19(9-6-4-2)17-23(21)22;;;/h2*7,10-17H,3-6,8-9H2,1-2H3;2*1H;/q2*-1;;;+4/p-2. The van der Waals surface area contributed by atoms with E-state index < -0.39 is 0 Å². The van der Waals surface area contributed by atoms with Crippen LogP contribution in [0.5, 0.6) is 0 Å². The van der Waals surface area contributed by atoms with Crippen molar-refractivity contribution in [3.8, 4) is 22.3 Å². The van der Waals surface area contributed by atoms with Gasteiger partial charge in [0.2, 0.25) is 0 Å². The molecule has 49 heavy (non-hydrogen) atoms. The summed E-state index contributed by atoms with van der Waals surface area (Å²) in [5.41, 5.74) is 11.3. The first-order valence-corrected chi connectivity index (χ1v) is 18.2. The average molecular weight is 769 g/mol. The monoisotopic (exact) mass is 766 g/mol. The van der Waals surface area contributed by atoms with Gasteiger partial charge >= 0.3 is 26.2 Å². The van der Waals surface area contributed by atoms with Crippen LogP contribution in [0.4, 0.5) is 0 Å². The van der Waals surface area contributed by atoms with Gasteiger partial charge < -0.3 is 24.8 Å². The van der Waals surface area contributed by atoms with Crippen molar-refractivity contribution >= 4 is 21.5 Å². The molecule has 0 unspecified atom stereocenters. The van der Waals surface area contributed by atoms with Crippen molar-refractivity contribution in [3.05, 3.63) is 131 Å². The normalized spacial score (nSPS) is 10.5. The van der Waals surface area contributed by atoms with E-state index in [1.54, 1.807) is 0 Å². The third-order valence-electron chi connectivity index (χ3n) is 9.43. The van der Waals surface area contributed by atoms with Crippen molar-refractivity contribution in [3.63, 3.8) is 0 Å². The number of halogens is 2. The smallest absolute Gasteiger partial charge is 1.00 e. The molecular formula is C46H54Cl2Zr. The summed E-state index contributed by atoms with van der Waals surface area (Å²) in [6.07, 6.45) is 14.9. The average Bonchev–Trinajstić information content (AvgIpc) is 3.72. The largest absolute Gasteiger partial charge is 4.00 e. The molecule has 0 aliphatic carbocycles. The summed E-state index contributed by atoms with van der Waals surface area (Å²) < 4.78 is 0. The van der Waals surface area contributed by atoms with Crippen LogP contribution >= 0.6 is 0 Å². The number of aryl methyl sites for hydroxylation is 4. The van der Waals surface area contributed by atoms with Gasteiger partial charge in [-0.15, -0.1) is 69.1 Å². The Labute approximate surface area is 328 Å². The zero-order valence-electron chi connectivity index (χ0n) is 30.1. The number of hydrogen-bond donors (Lipinski definition) is 0. The van der Waals surface area contributed by atoms with Gasteiger partial charge in [-0.3, -0.25) is 0 Å². The Morgan fingerprint density at radius 3 is 1.12 bits per heavy atom. The predicted octanol–water partition coefficient (Wildman–Crippen LogP) is 7.83. The fourth-order valence-corrected chi connectivity index (χ4v) is 6.61. The van der Waals surface area contributed by atoms with E-state index in [2.05, 4.69) is 137 Å². The molecule has 6 rings (SSSR count). The Bertz CT molecular complexity index is 1640. The molecule has 0 bridgehead atoms. The molecule has 0 spiro atoms.